The molecule has 1 aromatic carbocycles. The van der Waals surface area contributed by atoms with Gasteiger partial charge in [-0.3, -0.25) is 4.79 Å². The van der Waals surface area contributed by atoms with Crippen LogP contribution < -0.4 is 11.1 Å². The molecule has 0 aromatic heterocycles. The van der Waals surface area contributed by atoms with Gasteiger partial charge >= 0.3 is 0 Å². The van der Waals surface area contributed by atoms with Crippen molar-refractivity contribution in [1.29, 1.82) is 0 Å². The Morgan fingerprint density at radius 2 is 1.90 bits per heavy atom. The summed E-state index contributed by atoms with van der Waals surface area (Å²) in [6.45, 7) is 8.26. The van der Waals surface area contributed by atoms with E-state index in [1.54, 1.807) is 6.92 Å². The van der Waals surface area contributed by atoms with Crippen molar-refractivity contribution >= 4 is 5.91 Å². The second-order valence-corrected chi connectivity index (χ2v) is 6.32. The van der Waals surface area contributed by atoms with Crippen LogP contribution in [0.15, 0.2) is 24.3 Å². The summed E-state index contributed by atoms with van der Waals surface area (Å²) in [5.41, 5.74) is 7.75. The highest BCUT2D eigenvalue weighted by Crippen LogP contribution is 2.21. The molecule has 0 spiro atoms. The molecule has 0 saturated carbocycles. The summed E-state index contributed by atoms with van der Waals surface area (Å²) in [4.78, 5) is 12.1. The van der Waals surface area contributed by atoms with Crippen LogP contribution in [0.2, 0.25) is 0 Å². The van der Waals surface area contributed by atoms with Gasteiger partial charge < -0.3 is 16.2 Å². The van der Waals surface area contributed by atoms with Crippen LogP contribution >= 0.6 is 0 Å². The first-order valence-corrected chi connectivity index (χ1v) is 6.99. The Bertz CT molecular complexity index is 438. The molecule has 2 atom stereocenters. The lowest BCUT2D eigenvalue weighted by atomic mass is 9.87. The molecule has 0 aliphatic rings. The molecule has 0 aliphatic carbocycles. The summed E-state index contributed by atoms with van der Waals surface area (Å²) in [7, 11) is 0. The predicted molar refractivity (Wildman–Crippen MR) is 81.2 cm³/mol. The molecule has 0 aliphatic heterocycles. The van der Waals surface area contributed by atoms with Crippen LogP contribution in [0, 0.1) is 12.3 Å². The van der Waals surface area contributed by atoms with Gasteiger partial charge in [-0.15, -0.1) is 0 Å². The molecule has 0 fully saturated rings. The fourth-order valence-electron chi connectivity index (χ4n) is 2.23. The molecular weight excluding hydrogens is 252 g/mol. The number of benzene rings is 1. The van der Waals surface area contributed by atoms with Crippen LogP contribution in [0.4, 0.5) is 0 Å². The van der Waals surface area contributed by atoms with E-state index >= 15 is 0 Å². The number of aliphatic hydroxyl groups excluding tert-OH is 1. The number of amides is 1. The first kappa shape index (κ1) is 16.7. The summed E-state index contributed by atoms with van der Waals surface area (Å²) < 4.78 is 0. The second-order valence-electron chi connectivity index (χ2n) is 6.32. The number of aryl methyl sites for hydroxylation is 1. The van der Waals surface area contributed by atoms with Gasteiger partial charge in [0.2, 0.25) is 5.91 Å². The van der Waals surface area contributed by atoms with E-state index in [9.17, 15) is 9.90 Å². The summed E-state index contributed by atoms with van der Waals surface area (Å²) in [6.07, 6.45) is 0.250. The predicted octanol–water partition coefficient (Wildman–Crippen LogP) is 1.91. The minimum absolute atomic E-state index is 0.156. The molecular formula is C16H26N2O2. The topological polar surface area (TPSA) is 75.4 Å². The zero-order valence-corrected chi connectivity index (χ0v) is 12.8. The molecule has 112 valence electrons. The monoisotopic (exact) mass is 278 g/mol. The summed E-state index contributed by atoms with van der Waals surface area (Å²) in [5, 5.41) is 12.3. The molecule has 0 radical (unpaired) electrons. The molecule has 0 bridgehead atoms. The third-order valence-electron chi connectivity index (χ3n) is 3.31. The maximum absolute atomic E-state index is 12.1. The Balaban J connectivity index is 2.56. The Hall–Kier alpha value is -1.39. The third kappa shape index (κ3) is 5.31. The lowest BCUT2D eigenvalue weighted by molar-refractivity contribution is -0.123. The van der Waals surface area contributed by atoms with Crippen molar-refractivity contribution in [3.05, 3.63) is 35.4 Å². The van der Waals surface area contributed by atoms with E-state index in [-0.39, 0.29) is 17.4 Å². The fourth-order valence-corrected chi connectivity index (χ4v) is 2.23. The third-order valence-corrected chi connectivity index (χ3v) is 3.31. The van der Waals surface area contributed by atoms with Gasteiger partial charge in [-0.25, -0.2) is 0 Å². The molecule has 1 aromatic rings. The highest BCUT2D eigenvalue weighted by Gasteiger charge is 2.23. The van der Waals surface area contributed by atoms with E-state index in [1.807, 2.05) is 45.0 Å². The van der Waals surface area contributed by atoms with Gasteiger partial charge in [0.15, 0.2) is 0 Å². The van der Waals surface area contributed by atoms with E-state index < -0.39 is 6.04 Å². The highest BCUT2D eigenvalue weighted by atomic mass is 16.3. The number of nitrogens with one attached hydrogen (secondary N) is 1. The van der Waals surface area contributed by atoms with E-state index in [4.69, 9.17) is 5.73 Å². The summed E-state index contributed by atoms with van der Waals surface area (Å²) in [6, 6.07) is 6.98. The number of carbonyl (C=O) groups is 1. The normalized spacial score (nSPS) is 14.7. The van der Waals surface area contributed by atoms with Crippen molar-refractivity contribution in [3.63, 3.8) is 0 Å². The van der Waals surface area contributed by atoms with Crippen LogP contribution in [-0.2, 0) is 4.79 Å². The molecule has 4 nitrogen and oxygen atoms in total. The molecule has 0 saturated heterocycles. The average molecular weight is 278 g/mol. The van der Waals surface area contributed by atoms with E-state index in [2.05, 4.69) is 5.32 Å². The summed E-state index contributed by atoms with van der Waals surface area (Å²) in [5.74, 6) is -0.187. The molecule has 2 unspecified atom stereocenters. The molecule has 1 amide bonds. The smallest absolute Gasteiger partial charge is 0.241 e. The fraction of sp³-hybridized carbons (Fsp3) is 0.562. The standard InChI is InChI=1S/C16H26N2O2/c1-11-5-7-13(8-6-11)14(17)15(20)18-10-16(3,4)9-12(2)19/h5-8,12,14,19H,9-10,17H2,1-4H3,(H,18,20). The molecule has 1 rings (SSSR count). The number of rotatable bonds is 6. The molecule has 0 heterocycles. The van der Waals surface area contributed by atoms with Crippen molar-refractivity contribution in [1.82, 2.24) is 5.32 Å². The number of hydrogen-bond acceptors (Lipinski definition) is 3. The molecule has 4 heteroatoms. The zero-order chi connectivity index (χ0) is 15.3. The number of nitrogens with two attached hydrogens (primary N) is 1. The first-order chi connectivity index (χ1) is 9.21. The second kappa shape index (κ2) is 6.86. The molecule has 4 N–H and O–H groups in total. The maximum atomic E-state index is 12.1. The van der Waals surface area contributed by atoms with Crippen LogP contribution in [0.25, 0.3) is 0 Å². The van der Waals surface area contributed by atoms with Crippen molar-refractivity contribution in [2.75, 3.05) is 6.54 Å². The van der Waals surface area contributed by atoms with Gasteiger partial charge in [0.25, 0.3) is 0 Å². The lowest BCUT2D eigenvalue weighted by Gasteiger charge is -2.27. The van der Waals surface area contributed by atoms with Gasteiger partial charge in [-0.05, 0) is 31.2 Å². The van der Waals surface area contributed by atoms with Crippen molar-refractivity contribution in [3.8, 4) is 0 Å². The summed E-state index contributed by atoms with van der Waals surface area (Å²) >= 11 is 0. The van der Waals surface area contributed by atoms with Gasteiger partial charge in [0, 0.05) is 6.54 Å². The Morgan fingerprint density at radius 3 is 2.40 bits per heavy atom. The van der Waals surface area contributed by atoms with Crippen LogP contribution in [0.5, 0.6) is 0 Å². The van der Waals surface area contributed by atoms with E-state index in [1.165, 1.54) is 0 Å². The minimum atomic E-state index is -0.655. The van der Waals surface area contributed by atoms with Gasteiger partial charge in [-0.2, -0.15) is 0 Å². The number of carbonyl (C=O) groups excluding carboxylic acids is 1. The van der Waals surface area contributed by atoms with Gasteiger partial charge in [0.1, 0.15) is 6.04 Å². The van der Waals surface area contributed by atoms with Crippen LogP contribution in [0.1, 0.15) is 44.4 Å². The quantitative estimate of drug-likeness (QED) is 0.744. The van der Waals surface area contributed by atoms with Gasteiger partial charge in [0.05, 0.1) is 6.10 Å². The maximum Gasteiger partial charge on any atom is 0.241 e. The Morgan fingerprint density at radius 1 is 1.35 bits per heavy atom. The SMILES string of the molecule is Cc1ccc(C(N)C(=O)NCC(C)(C)CC(C)O)cc1. The van der Waals surface area contributed by atoms with E-state index in [0.29, 0.717) is 13.0 Å². The number of aliphatic hydroxyl groups is 1. The first-order valence-electron chi connectivity index (χ1n) is 6.99. The Kier molecular flexibility index (Phi) is 5.72. The zero-order valence-electron chi connectivity index (χ0n) is 12.8. The molecule has 20 heavy (non-hydrogen) atoms. The highest BCUT2D eigenvalue weighted by molar-refractivity contribution is 5.82. The van der Waals surface area contributed by atoms with Crippen molar-refractivity contribution in [2.45, 2.75) is 46.3 Å². The lowest BCUT2D eigenvalue weighted by Crippen LogP contribution is -2.40. The van der Waals surface area contributed by atoms with Crippen molar-refractivity contribution in [2.24, 2.45) is 11.1 Å². The van der Waals surface area contributed by atoms with Crippen LogP contribution in [-0.4, -0.2) is 23.7 Å². The van der Waals surface area contributed by atoms with Crippen LogP contribution in [0.3, 0.4) is 0 Å². The van der Waals surface area contributed by atoms with E-state index in [0.717, 1.165) is 11.1 Å². The minimum Gasteiger partial charge on any atom is -0.393 e. The van der Waals surface area contributed by atoms with Gasteiger partial charge in [-0.1, -0.05) is 43.7 Å². The van der Waals surface area contributed by atoms with Crippen molar-refractivity contribution < 1.29 is 9.90 Å². The average Bonchev–Trinajstić information content (AvgIpc) is 2.34. The Labute approximate surface area is 121 Å². The number of hydrogen-bond donors (Lipinski definition) is 3. The largest absolute Gasteiger partial charge is 0.393 e.